The Bertz CT molecular complexity index is 1260. The molecule has 0 aromatic heterocycles. The van der Waals surface area contributed by atoms with Crippen LogP contribution in [0.3, 0.4) is 0 Å². The van der Waals surface area contributed by atoms with Crippen molar-refractivity contribution in [3.05, 3.63) is 46.5 Å². The smallest absolute Gasteiger partial charge is 0.256 e. The number of methoxy groups -OCH3 is 4. The van der Waals surface area contributed by atoms with E-state index in [1.807, 2.05) is 21.9 Å². The Morgan fingerprint density at radius 1 is 0.674 bits per heavy atom. The zero-order chi connectivity index (χ0) is 30.1. The standard InChI is InChI=1S/C33H44N4O6/c1-40-28-18-22-24(34-30(42-3)26-12-8-14-36(26)32(22)38)16-20(28)10-6-5-7-11-21-17-25-23(19-29(21)41-2)33(39)37-15-9-13-27(37)31(35-25)43-4/h16-19,26-27,30-31,34-35H,5-15H2,1-4H3/t26-,27-,30-,31+/m0/s1. The van der Waals surface area contributed by atoms with Gasteiger partial charge in [0.1, 0.15) is 24.0 Å². The molecule has 2 aromatic rings. The van der Waals surface area contributed by atoms with Crippen molar-refractivity contribution in [1.29, 1.82) is 0 Å². The number of fused-ring (bicyclic) bond motifs is 4. The van der Waals surface area contributed by atoms with Crippen LogP contribution in [0.25, 0.3) is 0 Å². The van der Waals surface area contributed by atoms with Crippen LogP contribution in [0.5, 0.6) is 11.5 Å². The van der Waals surface area contributed by atoms with Gasteiger partial charge in [-0.25, -0.2) is 0 Å². The van der Waals surface area contributed by atoms with E-state index >= 15 is 0 Å². The zero-order valence-electron chi connectivity index (χ0n) is 25.7. The molecule has 4 heterocycles. The topological polar surface area (TPSA) is 102 Å². The van der Waals surface area contributed by atoms with Gasteiger partial charge in [-0.05, 0) is 86.8 Å². The highest BCUT2D eigenvalue weighted by atomic mass is 16.5. The highest BCUT2D eigenvalue weighted by molar-refractivity contribution is 6.02. The summed E-state index contributed by atoms with van der Waals surface area (Å²) in [4.78, 5) is 30.7. The monoisotopic (exact) mass is 592 g/mol. The van der Waals surface area contributed by atoms with Gasteiger partial charge in [0, 0.05) is 38.7 Å². The molecular weight excluding hydrogens is 548 g/mol. The SMILES string of the molecule is COc1cc2c(cc1CCCCCc1cc3c(cc1OC)C(=O)N1CCC[C@H]1[C@H](OC)N3)N[C@H](OC)[C@@H]1CCCN1C2=O. The lowest BCUT2D eigenvalue weighted by Crippen LogP contribution is -2.44. The maximum atomic E-state index is 13.4. The molecule has 43 heavy (non-hydrogen) atoms. The number of nitrogens with zero attached hydrogens (tertiary/aromatic N) is 2. The van der Waals surface area contributed by atoms with E-state index in [0.29, 0.717) is 11.1 Å². The third-order valence-corrected chi connectivity index (χ3v) is 9.62. The predicted molar refractivity (Wildman–Crippen MR) is 164 cm³/mol. The predicted octanol–water partition coefficient (Wildman–Crippen LogP) is 4.66. The largest absolute Gasteiger partial charge is 0.496 e. The van der Waals surface area contributed by atoms with Crippen LogP contribution in [0.2, 0.25) is 0 Å². The summed E-state index contributed by atoms with van der Waals surface area (Å²) in [5, 5.41) is 6.99. The van der Waals surface area contributed by atoms with Crippen molar-refractivity contribution in [2.45, 2.75) is 82.3 Å². The number of anilines is 2. The summed E-state index contributed by atoms with van der Waals surface area (Å²) in [7, 11) is 6.72. The third kappa shape index (κ3) is 5.51. The van der Waals surface area contributed by atoms with Gasteiger partial charge in [-0.1, -0.05) is 6.42 Å². The molecule has 10 nitrogen and oxygen atoms in total. The van der Waals surface area contributed by atoms with Crippen molar-refractivity contribution in [2.75, 3.05) is 52.2 Å². The summed E-state index contributed by atoms with van der Waals surface area (Å²) in [5.74, 6) is 1.57. The van der Waals surface area contributed by atoms with E-state index in [0.717, 1.165) is 105 Å². The number of ether oxygens (including phenoxy) is 4. The first-order valence-corrected chi connectivity index (χ1v) is 15.6. The molecule has 2 fully saturated rings. The summed E-state index contributed by atoms with van der Waals surface area (Å²) in [6, 6.07) is 7.98. The normalized spacial score (nSPS) is 24.3. The van der Waals surface area contributed by atoms with Crippen LogP contribution in [0.1, 0.15) is 76.8 Å². The molecule has 0 radical (unpaired) electrons. The molecule has 0 bridgehead atoms. The quantitative estimate of drug-likeness (QED) is 0.384. The van der Waals surface area contributed by atoms with Crippen molar-refractivity contribution in [3.63, 3.8) is 0 Å². The van der Waals surface area contributed by atoms with Crippen LogP contribution in [0.15, 0.2) is 24.3 Å². The van der Waals surface area contributed by atoms with Gasteiger partial charge in [0.2, 0.25) is 0 Å². The van der Waals surface area contributed by atoms with Crippen LogP contribution in [-0.2, 0) is 22.3 Å². The number of nitrogens with one attached hydrogen (secondary N) is 2. The number of rotatable bonds is 10. The lowest BCUT2D eigenvalue weighted by molar-refractivity contribution is 0.0418. The molecule has 2 saturated heterocycles. The molecule has 6 rings (SSSR count). The number of benzene rings is 2. The Hall–Kier alpha value is -3.50. The molecule has 4 aliphatic rings. The van der Waals surface area contributed by atoms with Crippen LogP contribution in [0, 0.1) is 0 Å². The highest BCUT2D eigenvalue weighted by Gasteiger charge is 2.41. The number of aryl methyl sites for hydroxylation is 2. The number of unbranched alkanes of at least 4 members (excludes halogenated alkanes) is 2. The van der Waals surface area contributed by atoms with Crippen molar-refractivity contribution in [1.82, 2.24) is 9.80 Å². The molecule has 2 N–H and O–H groups in total. The van der Waals surface area contributed by atoms with E-state index in [1.54, 1.807) is 28.4 Å². The fraction of sp³-hybridized carbons (Fsp3) is 0.576. The van der Waals surface area contributed by atoms with Crippen LogP contribution >= 0.6 is 0 Å². The van der Waals surface area contributed by atoms with Gasteiger partial charge < -0.3 is 39.4 Å². The average molecular weight is 593 g/mol. The molecule has 0 unspecified atom stereocenters. The lowest BCUT2D eigenvalue weighted by Gasteiger charge is -2.28. The Kier molecular flexibility index (Phi) is 8.68. The second-order valence-electron chi connectivity index (χ2n) is 12.0. The third-order valence-electron chi connectivity index (χ3n) is 9.62. The first-order chi connectivity index (χ1) is 21.0. The first kappa shape index (κ1) is 29.6. The lowest BCUT2D eigenvalue weighted by atomic mass is 9.98. The Balaban J connectivity index is 1.12. The molecule has 2 amide bonds. The highest BCUT2D eigenvalue weighted by Crippen LogP contribution is 2.38. The van der Waals surface area contributed by atoms with Gasteiger partial charge >= 0.3 is 0 Å². The minimum absolute atomic E-state index is 0.0372. The van der Waals surface area contributed by atoms with Crippen LogP contribution < -0.4 is 20.1 Å². The van der Waals surface area contributed by atoms with E-state index in [4.69, 9.17) is 18.9 Å². The molecule has 0 aliphatic carbocycles. The van der Waals surface area contributed by atoms with E-state index in [-0.39, 0.29) is 36.4 Å². The Labute approximate surface area is 254 Å². The molecule has 232 valence electrons. The van der Waals surface area contributed by atoms with Gasteiger partial charge in [0.05, 0.1) is 37.4 Å². The Morgan fingerprint density at radius 2 is 1.12 bits per heavy atom. The molecule has 4 aliphatic heterocycles. The van der Waals surface area contributed by atoms with Gasteiger partial charge in [-0.15, -0.1) is 0 Å². The second kappa shape index (κ2) is 12.6. The van der Waals surface area contributed by atoms with E-state index in [9.17, 15) is 9.59 Å². The number of hydrogen-bond acceptors (Lipinski definition) is 8. The van der Waals surface area contributed by atoms with Crippen molar-refractivity contribution < 1.29 is 28.5 Å². The Morgan fingerprint density at radius 3 is 1.51 bits per heavy atom. The molecular formula is C33H44N4O6. The molecule has 10 heteroatoms. The summed E-state index contributed by atoms with van der Waals surface area (Å²) in [6.07, 6.45) is 7.99. The molecule has 2 aromatic carbocycles. The van der Waals surface area contributed by atoms with E-state index < -0.39 is 0 Å². The number of carbonyl (C=O) groups is 2. The van der Waals surface area contributed by atoms with Gasteiger partial charge in [0.15, 0.2) is 0 Å². The first-order valence-electron chi connectivity index (χ1n) is 15.6. The van der Waals surface area contributed by atoms with E-state index in [1.165, 1.54) is 0 Å². The van der Waals surface area contributed by atoms with Gasteiger partial charge in [-0.2, -0.15) is 0 Å². The fourth-order valence-electron chi connectivity index (χ4n) is 7.38. The molecule has 0 spiro atoms. The molecule has 4 atom stereocenters. The fourth-order valence-corrected chi connectivity index (χ4v) is 7.38. The minimum Gasteiger partial charge on any atom is -0.496 e. The van der Waals surface area contributed by atoms with Crippen LogP contribution in [0.4, 0.5) is 11.4 Å². The summed E-state index contributed by atoms with van der Waals surface area (Å²) in [6.45, 7) is 1.50. The van der Waals surface area contributed by atoms with Gasteiger partial charge in [-0.3, -0.25) is 9.59 Å². The van der Waals surface area contributed by atoms with Crippen molar-refractivity contribution >= 4 is 23.2 Å². The minimum atomic E-state index is -0.231. The average Bonchev–Trinajstić information content (AvgIpc) is 3.68. The maximum Gasteiger partial charge on any atom is 0.256 e. The summed E-state index contributed by atoms with van der Waals surface area (Å²) >= 11 is 0. The molecule has 0 saturated carbocycles. The van der Waals surface area contributed by atoms with Crippen molar-refractivity contribution in [3.8, 4) is 11.5 Å². The second-order valence-corrected chi connectivity index (χ2v) is 12.0. The maximum absolute atomic E-state index is 13.4. The summed E-state index contributed by atoms with van der Waals surface area (Å²) < 4.78 is 23.0. The number of amides is 2. The summed E-state index contributed by atoms with van der Waals surface area (Å²) in [5.41, 5.74) is 5.07. The van der Waals surface area contributed by atoms with Crippen molar-refractivity contribution in [2.24, 2.45) is 0 Å². The number of carbonyl (C=O) groups excluding carboxylic acids is 2. The number of hydrogen-bond donors (Lipinski definition) is 2. The van der Waals surface area contributed by atoms with Gasteiger partial charge in [0.25, 0.3) is 11.8 Å². The zero-order valence-corrected chi connectivity index (χ0v) is 25.7. The van der Waals surface area contributed by atoms with Crippen LogP contribution in [-0.4, -0.2) is 87.7 Å². The van der Waals surface area contributed by atoms with E-state index in [2.05, 4.69) is 22.8 Å².